The molecule has 1 aromatic heterocycles. The van der Waals surface area contributed by atoms with E-state index in [1.807, 2.05) is 0 Å². The van der Waals surface area contributed by atoms with Gasteiger partial charge in [-0.2, -0.15) is 0 Å². The van der Waals surface area contributed by atoms with E-state index in [2.05, 4.69) is 44.4 Å². The second-order valence-corrected chi connectivity index (χ2v) is 7.10. The predicted molar refractivity (Wildman–Crippen MR) is 94.0 cm³/mol. The number of nitrogens with zero attached hydrogens (tertiary/aromatic N) is 1. The Hall–Kier alpha value is -1.39. The van der Waals surface area contributed by atoms with Crippen molar-refractivity contribution in [2.24, 2.45) is 5.73 Å². The largest absolute Gasteiger partial charge is 0.496 e. The highest BCUT2D eigenvalue weighted by Crippen LogP contribution is 2.32. The zero-order chi connectivity index (χ0) is 16.2. The molecule has 0 unspecified atom stereocenters. The van der Waals surface area contributed by atoms with Gasteiger partial charge in [-0.05, 0) is 36.6 Å². The molecule has 0 aliphatic heterocycles. The minimum atomic E-state index is 0.0249. The van der Waals surface area contributed by atoms with Gasteiger partial charge in [-0.3, -0.25) is 0 Å². The predicted octanol–water partition coefficient (Wildman–Crippen LogP) is 3.74. The fourth-order valence-corrected chi connectivity index (χ4v) is 3.66. The third kappa shape index (κ3) is 3.87. The molecule has 0 saturated heterocycles. The van der Waals surface area contributed by atoms with Gasteiger partial charge in [0, 0.05) is 17.2 Å². The standard InChI is InChI=1S/C18H26N2OS/c1-5-14-10-13(6-7-16(14)21-4)11-18(2,3)17-20-15(8-9-19)12-22-17/h6-7,10,12H,5,8-9,11,19H2,1-4H3. The highest BCUT2D eigenvalue weighted by atomic mass is 32.1. The van der Waals surface area contributed by atoms with Crippen molar-refractivity contribution in [2.75, 3.05) is 13.7 Å². The van der Waals surface area contributed by atoms with E-state index in [1.54, 1.807) is 18.4 Å². The van der Waals surface area contributed by atoms with E-state index >= 15 is 0 Å². The van der Waals surface area contributed by atoms with E-state index in [0.717, 1.165) is 30.7 Å². The normalized spacial score (nSPS) is 11.7. The first-order valence-electron chi connectivity index (χ1n) is 7.81. The molecule has 120 valence electrons. The molecule has 0 aliphatic carbocycles. The first kappa shape index (κ1) is 17.0. The van der Waals surface area contributed by atoms with Crippen LogP contribution in [0.2, 0.25) is 0 Å². The average Bonchev–Trinajstić information content (AvgIpc) is 2.96. The summed E-state index contributed by atoms with van der Waals surface area (Å²) in [7, 11) is 1.73. The van der Waals surface area contributed by atoms with Crippen LogP contribution in [0.25, 0.3) is 0 Å². The number of nitrogens with two attached hydrogens (primary N) is 1. The first-order valence-corrected chi connectivity index (χ1v) is 8.69. The number of hydrogen-bond donors (Lipinski definition) is 1. The van der Waals surface area contributed by atoms with E-state index in [-0.39, 0.29) is 5.41 Å². The van der Waals surface area contributed by atoms with Gasteiger partial charge in [0.05, 0.1) is 17.8 Å². The van der Waals surface area contributed by atoms with E-state index < -0.39 is 0 Å². The van der Waals surface area contributed by atoms with Crippen LogP contribution < -0.4 is 10.5 Å². The average molecular weight is 318 g/mol. The van der Waals surface area contributed by atoms with Gasteiger partial charge in [-0.25, -0.2) is 4.98 Å². The van der Waals surface area contributed by atoms with E-state index in [4.69, 9.17) is 15.5 Å². The van der Waals surface area contributed by atoms with Gasteiger partial charge in [0.25, 0.3) is 0 Å². The number of aromatic nitrogens is 1. The van der Waals surface area contributed by atoms with Crippen LogP contribution >= 0.6 is 11.3 Å². The molecule has 0 radical (unpaired) electrons. The van der Waals surface area contributed by atoms with Crippen LogP contribution in [0, 0.1) is 0 Å². The quantitative estimate of drug-likeness (QED) is 0.846. The monoisotopic (exact) mass is 318 g/mol. The van der Waals surface area contributed by atoms with Crippen molar-refractivity contribution >= 4 is 11.3 Å². The Morgan fingerprint density at radius 3 is 2.73 bits per heavy atom. The second-order valence-electron chi connectivity index (χ2n) is 6.24. The minimum absolute atomic E-state index is 0.0249. The highest BCUT2D eigenvalue weighted by molar-refractivity contribution is 7.09. The zero-order valence-electron chi connectivity index (χ0n) is 14.0. The fraction of sp³-hybridized carbons (Fsp3) is 0.500. The summed E-state index contributed by atoms with van der Waals surface area (Å²) in [5.41, 5.74) is 9.34. The molecule has 1 heterocycles. The van der Waals surface area contributed by atoms with E-state index in [0.29, 0.717) is 6.54 Å². The smallest absolute Gasteiger partial charge is 0.122 e. The molecule has 0 fully saturated rings. The van der Waals surface area contributed by atoms with Crippen molar-refractivity contribution in [2.45, 2.75) is 45.4 Å². The van der Waals surface area contributed by atoms with Crippen molar-refractivity contribution in [1.82, 2.24) is 4.98 Å². The molecule has 2 rings (SSSR count). The Morgan fingerprint density at radius 2 is 2.09 bits per heavy atom. The summed E-state index contributed by atoms with van der Waals surface area (Å²) >= 11 is 1.74. The number of benzene rings is 1. The Labute approximate surface area is 137 Å². The Kier molecular flexibility index (Phi) is 5.59. The topological polar surface area (TPSA) is 48.1 Å². The molecule has 0 spiro atoms. The first-order chi connectivity index (χ1) is 10.5. The van der Waals surface area contributed by atoms with Gasteiger partial charge in [-0.1, -0.05) is 32.9 Å². The minimum Gasteiger partial charge on any atom is -0.496 e. The number of hydrogen-bond acceptors (Lipinski definition) is 4. The molecule has 2 aromatic rings. The summed E-state index contributed by atoms with van der Waals surface area (Å²) in [6, 6.07) is 6.50. The summed E-state index contributed by atoms with van der Waals surface area (Å²) in [6.07, 6.45) is 2.81. The van der Waals surface area contributed by atoms with Crippen LogP contribution in [-0.2, 0) is 24.7 Å². The number of aryl methyl sites for hydroxylation is 1. The molecular formula is C18H26N2OS. The molecule has 22 heavy (non-hydrogen) atoms. The van der Waals surface area contributed by atoms with Crippen molar-refractivity contribution in [3.63, 3.8) is 0 Å². The van der Waals surface area contributed by atoms with Crippen molar-refractivity contribution < 1.29 is 4.74 Å². The van der Waals surface area contributed by atoms with Crippen molar-refractivity contribution in [3.05, 3.63) is 45.4 Å². The second kappa shape index (κ2) is 7.25. The Balaban J connectivity index is 2.20. The SMILES string of the molecule is CCc1cc(CC(C)(C)c2nc(CCN)cs2)ccc1OC. The van der Waals surface area contributed by atoms with E-state index in [9.17, 15) is 0 Å². The lowest BCUT2D eigenvalue weighted by atomic mass is 9.85. The van der Waals surface area contributed by atoms with Gasteiger partial charge in [0.2, 0.25) is 0 Å². The maximum absolute atomic E-state index is 5.61. The summed E-state index contributed by atoms with van der Waals surface area (Å²) in [5.74, 6) is 0.975. The summed E-state index contributed by atoms with van der Waals surface area (Å²) in [6.45, 7) is 7.33. The molecule has 1 aromatic carbocycles. The molecule has 0 bridgehead atoms. The van der Waals surface area contributed by atoms with Gasteiger partial charge in [0.15, 0.2) is 0 Å². The maximum atomic E-state index is 5.61. The van der Waals surface area contributed by atoms with Crippen LogP contribution in [0.4, 0.5) is 0 Å². The van der Waals surface area contributed by atoms with Gasteiger partial charge in [-0.15, -0.1) is 11.3 Å². The van der Waals surface area contributed by atoms with Gasteiger partial charge in [0.1, 0.15) is 5.75 Å². The Morgan fingerprint density at radius 1 is 1.32 bits per heavy atom. The molecule has 0 amide bonds. The van der Waals surface area contributed by atoms with Gasteiger partial charge >= 0.3 is 0 Å². The number of thiazole rings is 1. The summed E-state index contributed by atoms with van der Waals surface area (Å²) < 4.78 is 5.41. The molecule has 3 nitrogen and oxygen atoms in total. The fourth-order valence-electron chi connectivity index (χ4n) is 2.68. The lowest BCUT2D eigenvalue weighted by Gasteiger charge is -2.22. The molecule has 0 saturated carbocycles. The molecule has 2 N–H and O–H groups in total. The molecule has 4 heteroatoms. The zero-order valence-corrected chi connectivity index (χ0v) is 14.8. The lowest BCUT2D eigenvalue weighted by Crippen LogP contribution is -2.20. The van der Waals surface area contributed by atoms with Crippen LogP contribution in [-0.4, -0.2) is 18.6 Å². The van der Waals surface area contributed by atoms with Crippen LogP contribution in [0.3, 0.4) is 0 Å². The number of rotatable bonds is 7. The molecule has 0 atom stereocenters. The highest BCUT2D eigenvalue weighted by Gasteiger charge is 2.25. The molecular weight excluding hydrogens is 292 g/mol. The van der Waals surface area contributed by atoms with Crippen molar-refractivity contribution in [3.8, 4) is 5.75 Å². The van der Waals surface area contributed by atoms with Crippen LogP contribution in [0.1, 0.15) is 42.6 Å². The van der Waals surface area contributed by atoms with Crippen LogP contribution in [0.5, 0.6) is 5.75 Å². The number of methoxy groups -OCH3 is 1. The number of ether oxygens (including phenoxy) is 1. The van der Waals surface area contributed by atoms with Gasteiger partial charge < -0.3 is 10.5 Å². The van der Waals surface area contributed by atoms with Crippen LogP contribution in [0.15, 0.2) is 23.6 Å². The van der Waals surface area contributed by atoms with Crippen molar-refractivity contribution in [1.29, 1.82) is 0 Å². The lowest BCUT2D eigenvalue weighted by molar-refractivity contribution is 0.409. The summed E-state index contributed by atoms with van der Waals surface area (Å²) in [5, 5.41) is 3.32. The third-order valence-electron chi connectivity index (χ3n) is 3.90. The summed E-state index contributed by atoms with van der Waals surface area (Å²) in [4.78, 5) is 4.76. The third-order valence-corrected chi connectivity index (χ3v) is 5.16. The molecule has 0 aliphatic rings. The maximum Gasteiger partial charge on any atom is 0.122 e. The van der Waals surface area contributed by atoms with E-state index in [1.165, 1.54) is 16.1 Å². The Bertz CT molecular complexity index is 619.